The highest BCUT2D eigenvalue weighted by Gasteiger charge is 2.08. The van der Waals surface area contributed by atoms with Gasteiger partial charge in [-0.25, -0.2) is 0 Å². The molecule has 2 aromatic rings. The van der Waals surface area contributed by atoms with Crippen LogP contribution in [0, 0.1) is 0 Å². The van der Waals surface area contributed by atoms with Crippen LogP contribution in [-0.4, -0.2) is 23.3 Å². The number of ether oxygens (including phenoxy) is 1. The molecule has 0 aliphatic carbocycles. The molecule has 0 atom stereocenters. The van der Waals surface area contributed by atoms with Crippen molar-refractivity contribution in [1.82, 2.24) is 10.2 Å². The summed E-state index contributed by atoms with van der Waals surface area (Å²) in [6.07, 6.45) is 1.08. The van der Waals surface area contributed by atoms with Crippen molar-refractivity contribution in [1.29, 1.82) is 0 Å². The standard InChI is InChI=1S/C14H19N3O/c1-3-9-15-14-10-12(16-17-14)11-7-5-6-8-13(11)18-4-2/h5-8,10H,3-4,9H2,1-2H3,(H2,15,16,17). The van der Waals surface area contributed by atoms with E-state index in [1.165, 1.54) is 0 Å². The van der Waals surface area contributed by atoms with E-state index >= 15 is 0 Å². The SMILES string of the molecule is CCCNc1cc(-c2ccccc2OCC)[nH]n1. The summed E-state index contributed by atoms with van der Waals surface area (Å²) in [5.41, 5.74) is 2.01. The molecular weight excluding hydrogens is 226 g/mol. The van der Waals surface area contributed by atoms with Crippen molar-refractivity contribution in [3.63, 3.8) is 0 Å². The lowest BCUT2D eigenvalue weighted by Gasteiger charge is -2.07. The van der Waals surface area contributed by atoms with Gasteiger partial charge in [0.05, 0.1) is 12.3 Å². The monoisotopic (exact) mass is 245 g/mol. The highest BCUT2D eigenvalue weighted by Crippen LogP contribution is 2.29. The fourth-order valence-corrected chi connectivity index (χ4v) is 1.77. The van der Waals surface area contributed by atoms with Crippen molar-refractivity contribution in [2.24, 2.45) is 0 Å². The third-order valence-electron chi connectivity index (χ3n) is 2.61. The maximum atomic E-state index is 5.61. The fraction of sp³-hybridized carbons (Fsp3) is 0.357. The number of anilines is 1. The third-order valence-corrected chi connectivity index (χ3v) is 2.61. The molecule has 0 unspecified atom stereocenters. The predicted molar refractivity (Wildman–Crippen MR) is 74.0 cm³/mol. The van der Waals surface area contributed by atoms with Gasteiger partial charge in [-0.15, -0.1) is 0 Å². The molecule has 1 heterocycles. The van der Waals surface area contributed by atoms with E-state index in [0.29, 0.717) is 6.61 Å². The average Bonchev–Trinajstić information content (AvgIpc) is 2.86. The quantitative estimate of drug-likeness (QED) is 0.821. The zero-order valence-corrected chi connectivity index (χ0v) is 10.9. The van der Waals surface area contributed by atoms with Crippen molar-refractivity contribution in [3.8, 4) is 17.0 Å². The van der Waals surface area contributed by atoms with E-state index in [2.05, 4.69) is 22.4 Å². The number of hydrogen-bond donors (Lipinski definition) is 2. The van der Waals surface area contributed by atoms with Crippen LogP contribution in [0.25, 0.3) is 11.3 Å². The number of para-hydroxylation sites is 1. The van der Waals surface area contributed by atoms with Crippen molar-refractivity contribution < 1.29 is 4.74 Å². The maximum Gasteiger partial charge on any atom is 0.148 e. The van der Waals surface area contributed by atoms with Gasteiger partial charge in [0.15, 0.2) is 0 Å². The molecule has 18 heavy (non-hydrogen) atoms. The summed E-state index contributed by atoms with van der Waals surface area (Å²) in [4.78, 5) is 0. The molecule has 0 amide bonds. The van der Waals surface area contributed by atoms with Gasteiger partial charge in [-0.3, -0.25) is 5.10 Å². The van der Waals surface area contributed by atoms with Gasteiger partial charge >= 0.3 is 0 Å². The zero-order chi connectivity index (χ0) is 12.8. The first-order chi connectivity index (χ1) is 8.85. The fourth-order valence-electron chi connectivity index (χ4n) is 1.77. The van der Waals surface area contributed by atoms with Crippen molar-refractivity contribution in [2.75, 3.05) is 18.5 Å². The van der Waals surface area contributed by atoms with Crippen LogP contribution in [-0.2, 0) is 0 Å². The minimum Gasteiger partial charge on any atom is -0.493 e. The van der Waals surface area contributed by atoms with Crippen LogP contribution in [0.3, 0.4) is 0 Å². The van der Waals surface area contributed by atoms with E-state index < -0.39 is 0 Å². The highest BCUT2D eigenvalue weighted by atomic mass is 16.5. The number of benzene rings is 1. The molecule has 0 bridgehead atoms. The number of aromatic amines is 1. The number of rotatable bonds is 6. The molecule has 2 rings (SSSR count). The van der Waals surface area contributed by atoms with Gasteiger partial charge in [-0.2, -0.15) is 5.10 Å². The summed E-state index contributed by atoms with van der Waals surface area (Å²) < 4.78 is 5.61. The summed E-state index contributed by atoms with van der Waals surface area (Å²) in [6, 6.07) is 9.98. The Morgan fingerprint density at radius 3 is 2.89 bits per heavy atom. The third kappa shape index (κ3) is 2.83. The van der Waals surface area contributed by atoms with Gasteiger partial charge in [0.25, 0.3) is 0 Å². The van der Waals surface area contributed by atoms with Crippen molar-refractivity contribution in [2.45, 2.75) is 20.3 Å². The smallest absolute Gasteiger partial charge is 0.148 e. The number of aromatic nitrogens is 2. The van der Waals surface area contributed by atoms with Gasteiger partial charge in [-0.1, -0.05) is 19.1 Å². The molecule has 0 aliphatic heterocycles. The second kappa shape index (κ2) is 6.10. The summed E-state index contributed by atoms with van der Waals surface area (Å²) in [7, 11) is 0. The van der Waals surface area contributed by atoms with E-state index in [1.54, 1.807) is 0 Å². The molecule has 4 nitrogen and oxygen atoms in total. The first kappa shape index (κ1) is 12.5. The van der Waals surface area contributed by atoms with E-state index in [0.717, 1.165) is 35.8 Å². The van der Waals surface area contributed by atoms with Crippen LogP contribution in [0.5, 0.6) is 5.75 Å². The molecule has 0 saturated carbocycles. The number of nitrogens with one attached hydrogen (secondary N) is 2. The van der Waals surface area contributed by atoms with Gasteiger partial charge in [-0.05, 0) is 25.5 Å². The lowest BCUT2D eigenvalue weighted by Crippen LogP contribution is -1.99. The topological polar surface area (TPSA) is 49.9 Å². The van der Waals surface area contributed by atoms with Crippen LogP contribution in [0.1, 0.15) is 20.3 Å². The number of nitrogens with zero attached hydrogens (tertiary/aromatic N) is 1. The van der Waals surface area contributed by atoms with Crippen LogP contribution in [0.2, 0.25) is 0 Å². The Morgan fingerprint density at radius 1 is 1.28 bits per heavy atom. The molecule has 0 spiro atoms. The average molecular weight is 245 g/mol. The molecule has 0 fully saturated rings. The van der Waals surface area contributed by atoms with E-state index in [-0.39, 0.29) is 0 Å². The van der Waals surface area contributed by atoms with Crippen molar-refractivity contribution in [3.05, 3.63) is 30.3 Å². The van der Waals surface area contributed by atoms with Crippen LogP contribution >= 0.6 is 0 Å². The second-order valence-electron chi connectivity index (χ2n) is 4.02. The Bertz CT molecular complexity index is 493. The Kier molecular flexibility index (Phi) is 4.23. The highest BCUT2D eigenvalue weighted by molar-refractivity contribution is 5.69. The molecule has 96 valence electrons. The maximum absolute atomic E-state index is 5.61. The number of hydrogen-bond acceptors (Lipinski definition) is 3. The second-order valence-corrected chi connectivity index (χ2v) is 4.02. The van der Waals surface area contributed by atoms with Gasteiger partial charge < -0.3 is 10.1 Å². The minimum absolute atomic E-state index is 0.659. The Morgan fingerprint density at radius 2 is 2.11 bits per heavy atom. The summed E-state index contributed by atoms with van der Waals surface area (Å²) in [5.74, 6) is 1.75. The Balaban J connectivity index is 2.22. The Labute approximate surface area is 107 Å². The molecular formula is C14H19N3O. The summed E-state index contributed by atoms with van der Waals surface area (Å²) >= 11 is 0. The minimum atomic E-state index is 0.659. The summed E-state index contributed by atoms with van der Waals surface area (Å²) in [6.45, 7) is 5.70. The zero-order valence-electron chi connectivity index (χ0n) is 10.9. The molecule has 2 N–H and O–H groups in total. The van der Waals surface area contributed by atoms with E-state index in [1.807, 2.05) is 37.3 Å². The van der Waals surface area contributed by atoms with Gasteiger partial charge in [0, 0.05) is 18.2 Å². The Hall–Kier alpha value is -1.97. The molecule has 0 aliphatic rings. The molecule has 0 saturated heterocycles. The largest absolute Gasteiger partial charge is 0.493 e. The lowest BCUT2D eigenvalue weighted by atomic mass is 10.1. The van der Waals surface area contributed by atoms with Crippen molar-refractivity contribution >= 4 is 5.82 Å². The van der Waals surface area contributed by atoms with Gasteiger partial charge in [0.1, 0.15) is 11.6 Å². The first-order valence-electron chi connectivity index (χ1n) is 6.36. The lowest BCUT2D eigenvalue weighted by molar-refractivity contribution is 0.341. The molecule has 1 aromatic heterocycles. The first-order valence-corrected chi connectivity index (χ1v) is 6.36. The predicted octanol–water partition coefficient (Wildman–Crippen LogP) is 3.30. The van der Waals surface area contributed by atoms with Crippen LogP contribution in [0.4, 0.5) is 5.82 Å². The van der Waals surface area contributed by atoms with Gasteiger partial charge in [0.2, 0.25) is 0 Å². The van der Waals surface area contributed by atoms with E-state index in [4.69, 9.17) is 4.74 Å². The number of H-pyrrole nitrogens is 1. The molecule has 4 heteroatoms. The summed E-state index contributed by atoms with van der Waals surface area (Å²) in [5, 5.41) is 10.5. The van der Waals surface area contributed by atoms with E-state index in [9.17, 15) is 0 Å². The molecule has 1 aromatic carbocycles. The van der Waals surface area contributed by atoms with Crippen LogP contribution < -0.4 is 10.1 Å². The molecule has 0 radical (unpaired) electrons. The van der Waals surface area contributed by atoms with Crippen LogP contribution in [0.15, 0.2) is 30.3 Å². The normalized spacial score (nSPS) is 10.3.